The molecule has 0 saturated carbocycles. The van der Waals surface area contributed by atoms with E-state index in [1.165, 1.54) is 22.3 Å². The van der Waals surface area contributed by atoms with Crippen molar-refractivity contribution in [3.05, 3.63) is 39.8 Å². The Hall–Kier alpha value is -2.41. The van der Waals surface area contributed by atoms with Crippen molar-refractivity contribution >= 4 is 28.9 Å². The van der Waals surface area contributed by atoms with Gasteiger partial charge in [0.05, 0.1) is 17.2 Å². The number of carboxylic acids is 1. The summed E-state index contributed by atoms with van der Waals surface area (Å²) in [6, 6.07) is 4.74. The lowest BCUT2D eigenvalue weighted by Crippen LogP contribution is -2.38. The molecule has 0 aliphatic carbocycles. The average Bonchev–Trinajstić information content (AvgIpc) is 2.91. The maximum atomic E-state index is 12.5. The zero-order valence-corrected chi connectivity index (χ0v) is 12.0. The molecule has 1 aliphatic rings. The van der Waals surface area contributed by atoms with E-state index < -0.39 is 5.97 Å². The van der Waals surface area contributed by atoms with Crippen LogP contribution in [0.15, 0.2) is 23.6 Å². The number of carboxylic acid groups (broad SMARTS) is 1. The highest BCUT2D eigenvalue weighted by Gasteiger charge is 2.29. The first-order chi connectivity index (χ1) is 10.1. The predicted molar refractivity (Wildman–Crippen MR) is 77.4 cm³/mol. The number of anilines is 1. The second kappa shape index (κ2) is 5.17. The van der Waals surface area contributed by atoms with Crippen LogP contribution in [0.4, 0.5) is 5.69 Å². The second-order valence-electron chi connectivity index (χ2n) is 4.52. The number of aromatic carboxylic acids is 1. The van der Waals surface area contributed by atoms with Crippen LogP contribution in [0.5, 0.6) is 5.75 Å². The van der Waals surface area contributed by atoms with Crippen molar-refractivity contribution in [2.24, 2.45) is 0 Å². The van der Waals surface area contributed by atoms with Crippen molar-refractivity contribution in [3.63, 3.8) is 0 Å². The third kappa shape index (κ3) is 2.36. The van der Waals surface area contributed by atoms with E-state index in [0.717, 1.165) is 5.01 Å². The SMILES string of the molecule is Cc1nc(C(=O)N2CCOc3c(C(=O)O)cccc32)cs1. The number of ether oxygens (including phenoxy) is 1. The molecule has 1 amide bonds. The zero-order valence-electron chi connectivity index (χ0n) is 11.2. The highest BCUT2D eigenvalue weighted by atomic mass is 32.1. The number of hydrogen-bond donors (Lipinski definition) is 1. The molecule has 0 radical (unpaired) electrons. The lowest BCUT2D eigenvalue weighted by atomic mass is 10.1. The quantitative estimate of drug-likeness (QED) is 0.920. The Morgan fingerprint density at radius 3 is 2.90 bits per heavy atom. The number of nitrogens with zero attached hydrogens (tertiary/aromatic N) is 2. The largest absolute Gasteiger partial charge is 0.489 e. The van der Waals surface area contributed by atoms with Crippen molar-refractivity contribution in [3.8, 4) is 5.75 Å². The Kier molecular flexibility index (Phi) is 3.34. The predicted octanol–water partition coefficient (Wildman–Crippen LogP) is 2.19. The number of benzene rings is 1. The van der Waals surface area contributed by atoms with Crippen LogP contribution in [-0.4, -0.2) is 35.1 Å². The highest BCUT2D eigenvalue weighted by Crippen LogP contribution is 2.35. The van der Waals surface area contributed by atoms with E-state index in [2.05, 4.69) is 4.98 Å². The normalized spacial score (nSPS) is 13.5. The molecule has 2 aromatic rings. The Bertz CT molecular complexity index is 726. The van der Waals surface area contributed by atoms with Crippen LogP contribution in [0.25, 0.3) is 0 Å². The molecule has 0 saturated heterocycles. The van der Waals surface area contributed by atoms with E-state index >= 15 is 0 Å². The van der Waals surface area contributed by atoms with Gasteiger partial charge in [0.1, 0.15) is 17.9 Å². The fourth-order valence-corrected chi connectivity index (χ4v) is 2.81. The molecular formula is C14H12N2O4S. The summed E-state index contributed by atoms with van der Waals surface area (Å²) in [5, 5.41) is 11.7. The standard InChI is InChI=1S/C14H12N2O4S/c1-8-15-10(7-21-8)13(17)16-5-6-20-12-9(14(18)19)3-2-4-11(12)16/h2-4,7H,5-6H2,1H3,(H,18,19). The van der Waals surface area contributed by atoms with Crippen LogP contribution in [0.2, 0.25) is 0 Å². The molecule has 0 spiro atoms. The number of carbonyl (C=O) groups excluding carboxylic acids is 1. The van der Waals surface area contributed by atoms with Crippen molar-refractivity contribution in [1.82, 2.24) is 4.98 Å². The Labute approximate surface area is 124 Å². The van der Waals surface area contributed by atoms with Crippen LogP contribution >= 0.6 is 11.3 Å². The fraction of sp³-hybridized carbons (Fsp3) is 0.214. The number of hydrogen-bond acceptors (Lipinski definition) is 5. The lowest BCUT2D eigenvalue weighted by Gasteiger charge is -2.29. The van der Waals surface area contributed by atoms with E-state index in [1.54, 1.807) is 17.5 Å². The minimum absolute atomic E-state index is 0.0551. The van der Waals surface area contributed by atoms with Crippen molar-refractivity contribution < 1.29 is 19.4 Å². The topological polar surface area (TPSA) is 79.7 Å². The molecule has 21 heavy (non-hydrogen) atoms. The summed E-state index contributed by atoms with van der Waals surface area (Å²) in [4.78, 5) is 29.5. The third-order valence-corrected chi connectivity index (χ3v) is 3.93. The summed E-state index contributed by atoms with van der Waals surface area (Å²) in [7, 11) is 0. The molecule has 0 bridgehead atoms. The van der Waals surface area contributed by atoms with Crippen molar-refractivity contribution in [2.75, 3.05) is 18.1 Å². The van der Waals surface area contributed by atoms with E-state index in [0.29, 0.717) is 17.9 Å². The number of aromatic nitrogens is 1. The highest BCUT2D eigenvalue weighted by molar-refractivity contribution is 7.09. The van der Waals surface area contributed by atoms with Crippen LogP contribution in [0.1, 0.15) is 25.9 Å². The number of amides is 1. The summed E-state index contributed by atoms with van der Waals surface area (Å²) < 4.78 is 5.44. The Morgan fingerprint density at radius 1 is 1.43 bits per heavy atom. The molecule has 6 nitrogen and oxygen atoms in total. The lowest BCUT2D eigenvalue weighted by molar-refractivity contribution is 0.0690. The van der Waals surface area contributed by atoms with Gasteiger partial charge >= 0.3 is 5.97 Å². The maximum Gasteiger partial charge on any atom is 0.339 e. The van der Waals surface area contributed by atoms with Gasteiger partial charge < -0.3 is 14.7 Å². The second-order valence-corrected chi connectivity index (χ2v) is 5.58. The minimum atomic E-state index is -1.08. The molecule has 1 aromatic carbocycles. The number of rotatable bonds is 2. The van der Waals surface area contributed by atoms with Gasteiger partial charge in [0, 0.05) is 5.38 Å². The average molecular weight is 304 g/mol. The Morgan fingerprint density at radius 2 is 2.24 bits per heavy atom. The number of fused-ring (bicyclic) bond motifs is 1. The van der Waals surface area contributed by atoms with Crippen LogP contribution < -0.4 is 9.64 Å². The third-order valence-electron chi connectivity index (χ3n) is 3.16. The molecule has 7 heteroatoms. The van der Waals surface area contributed by atoms with Gasteiger partial charge in [-0.2, -0.15) is 0 Å². The van der Waals surface area contributed by atoms with Gasteiger partial charge in [0.15, 0.2) is 5.75 Å². The van der Waals surface area contributed by atoms with E-state index in [4.69, 9.17) is 4.74 Å². The van der Waals surface area contributed by atoms with Crippen LogP contribution in [-0.2, 0) is 0 Å². The van der Waals surface area contributed by atoms with Gasteiger partial charge in [-0.3, -0.25) is 4.79 Å². The smallest absolute Gasteiger partial charge is 0.339 e. The molecular weight excluding hydrogens is 292 g/mol. The zero-order chi connectivity index (χ0) is 15.0. The Balaban J connectivity index is 2.03. The number of thiazole rings is 1. The molecule has 2 heterocycles. The van der Waals surface area contributed by atoms with Crippen LogP contribution in [0, 0.1) is 6.92 Å². The first kappa shape index (κ1) is 13.6. The first-order valence-electron chi connectivity index (χ1n) is 6.31. The number of aryl methyl sites for hydroxylation is 1. The minimum Gasteiger partial charge on any atom is -0.489 e. The summed E-state index contributed by atoms with van der Waals surface area (Å²) >= 11 is 1.40. The number of carbonyl (C=O) groups is 2. The fourth-order valence-electron chi connectivity index (χ4n) is 2.23. The van der Waals surface area contributed by atoms with Gasteiger partial charge in [-0.1, -0.05) is 6.07 Å². The monoisotopic (exact) mass is 304 g/mol. The summed E-state index contributed by atoms with van der Waals surface area (Å²) in [6.45, 7) is 2.45. The number of para-hydroxylation sites is 1. The molecule has 0 atom stereocenters. The van der Waals surface area contributed by atoms with E-state index in [1.807, 2.05) is 6.92 Å². The molecule has 0 fully saturated rings. The first-order valence-corrected chi connectivity index (χ1v) is 7.19. The summed E-state index contributed by atoms with van der Waals surface area (Å²) in [5.41, 5.74) is 0.891. The van der Waals surface area contributed by atoms with Gasteiger partial charge in [-0.25, -0.2) is 9.78 Å². The van der Waals surface area contributed by atoms with Crippen molar-refractivity contribution in [1.29, 1.82) is 0 Å². The molecule has 1 N–H and O–H groups in total. The maximum absolute atomic E-state index is 12.5. The van der Waals surface area contributed by atoms with Gasteiger partial charge in [-0.05, 0) is 19.1 Å². The summed E-state index contributed by atoms with van der Waals surface area (Å²) in [5.74, 6) is -1.09. The molecule has 1 aliphatic heterocycles. The van der Waals surface area contributed by atoms with E-state index in [9.17, 15) is 14.7 Å². The van der Waals surface area contributed by atoms with Gasteiger partial charge in [0.25, 0.3) is 5.91 Å². The van der Waals surface area contributed by atoms with Gasteiger partial charge in [-0.15, -0.1) is 11.3 Å². The molecule has 1 aromatic heterocycles. The summed E-state index contributed by atoms with van der Waals surface area (Å²) in [6.07, 6.45) is 0. The molecule has 0 unspecified atom stereocenters. The van der Waals surface area contributed by atoms with E-state index in [-0.39, 0.29) is 23.8 Å². The van der Waals surface area contributed by atoms with Gasteiger partial charge in [0.2, 0.25) is 0 Å². The molecule has 3 rings (SSSR count). The van der Waals surface area contributed by atoms with Crippen molar-refractivity contribution in [2.45, 2.75) is 6.92 Å². The van der Waals surface area contributed by atoms with Crippen LogP contribution in [0.3, 0.4) is 0 Å². The molecule has 108 valence electrons.